The minimum absolute atomic E-state index is 0.0646. The summed E-state index contributed by atoms with van der Waals surface area (Å²) in [6, 6.07) is 0.0985. The minimum Gasteiger partial charge on any atom is -0.481 e. The van der Waals surface area contributed by atoms with Crippen LogP contribution in [0.25, 0.3) is 0 Å². The van der Waals surface area contributed by atoms with Crippen LogP contribution in [0.2, 0.25) is 0 Å². The lowest BCUT2D eigenvalue weighted by Crippen LogP contribution is -2.49. The maximum atomic E-state index is 12.5. The highest BCUT2D eigenvalue weighted by atomic mass is 16.4. The summed E-state index contributed by atoms with van der Waals surface area (Å²) in [7, 11) is 0. The minimum atomic E-state index is -0.734. The number of aliphatic carboxylic acids is 1. The van der Waals surface area contributed by atoms with E-state index >= 15 is 0 Å². The van der Waals surface area contributed by atoms with E-state index in [0.29, 0.717) is 13.1 Å². The number of amides is 3. The van der Waals surface area contributed by atoms with Crippen LogP contribution in [0.4, 0.5) is 4.79 Å². The number of rotatable bonds is 9. The molecule has 0 aromatic carbocycles. The molecule has 2 N–H and O–H groups in total. The third kappa shape index (κ3) is 6.84. The van der Waals surface area contributed by atoms with Crippen LogP contribution in [0.5, 0.6) is 0 Å². The van der Waals surface area contributed by atoms with Crippen molar-refractivity contribution in [1.29, 1.82) is 0 Å². The van der Waals surface area contributed by atoms with Crippen molar-refractivity contribution in [2.45, 2.75) is 64.2 Å². The first-order chi connectivity index (χ1) is 12.6. The largest absolute Gasteiger partial charge is 0.481 e. The number of likely N-dealkylation sites (tertiary alicyclic amines) is 2. The Hall–Kier alpha value is -1.79. The smallest absolute Gasteiger partial charge is 0.320 e. The van der Waals surface area contributed by atoms with E-state index in [1.807, 2.05) is 9.80 Å². The van der Waals surface area contributed by atoms with E-state index in [1.165, 1.54) is 0 Å². The molecule has 2 aliphatic heterocycles. The fourth-order valence-corrected chi connectivity index (χ4v) is 3.76. The highest BCUT2D eigenvalue weighted by Gasteiger charge is 2.31. The van der Waals surface area contributed by atoms with E-state index in [4.69, 9.17) is 5.11 Å². The van der Waals surface area contributed by atoms with Gasteiger partial charge in [-0.05, 0) is 38.5 Å². The van der Waals surface area contributed by atoms with Gasteiger partial charge in [0.2, 0.25) is 5.91 Å². The molecule has 0 aromatic heterocycles. The number of carboxylic acids is 1. The van der Waals surface area contributed by atoms with Gasteiger partial charge in [-0.2, -0.15) is 0 Å². The van der Waals surface area contributed by atoms with Crippen molar-refractivity contribution in [3.8, 4) is 0 Å². The lowest BCUT2D eigenvalue weighted by molar-refractivity contribution is -0.137. The van der Waals surface area contributed by atoms with Crippen LogP contribution in [-0.2, 0) is 9.59 Å². The molecule has 0 radical (unpaired) electrons. The second kappa shape index (κ2) is 11.0. The fraction of sp³-hybridized carbons (Fsp3) is 0.842. The summed E-state index contributed by atoms with van der Waals surface area (Å²) in [5.74, 6) is -0.761. The van der Waals surface area contributed by atoms with E-state index in [2.05, 4.69) is 5.32 Å². The van der Waals surface area contributed by atoms with Gasteiger partial charge in [0.25, 0.3) is 0 Å². The summed E-state index contributed by atoms with van der Waals surface area (Å²) in [6.07, 6.45) is 8.73. The van der Waals surface area contributed by atoms with Gasteiger partial charge < -0.3 is 20.2 Å². The Morgan fingerprint density at radius 1 is 0.885 bits per heavy atom. The van der Waals surface area contributed by atoms with Crippen LogP contribution >= 0.6 is 0 Å². The van der Waals surface area contributed by atoms with Crippen molar-refractivity contribution in [2.24, 2.45) is 5.92 Å². The Morgan fingerprint density at radius 3 is 2.27 bits per heavy atom. The van der Waals surface area contributed by atoms with Gasteiger partial charge in [0.1, 0.15) is 0 Å². The molecular weight excluding hydrogens is 334 g/mol. The van der Waals surface area contributed by atoms with Crippen LogP contribution in [0.3, 0.4) is 0 Å². The molecule has 0 bridgehead atoms. The molecule has 0 saturated carbocycles. The molecular formula is C19H33N3O4. The monoisotopic (exact) mass is 367 g/mol. The van der Waals surface area contributed by atoms with Gasteiger partial charge >= 0.3 is 12.0 Å². The average molecular weight is 367 g/mol. The lowest BCUT2D eigenvalue weighted by atomic mass is 9.97. The quantitative estimate of drug-likeness (QED) is 0.613. The molecule has 148 valence electrons. The second-order valence-corrected chi connectivity index (χ2v) is 7.46. The van der Waals surface area contributed by atoms with Gasteiger partial charge in [-0.15, -0.1) is 0 Å². The Balaban J connectivity index is 1.58. The van der Waals surface area contributed by atoms with Gasteiger partial charge in [-0.25, -0.2) is 4.79 Å². The molecule has 26 heavy (non-hydrogen) atoms. The maximum absolute atomic E-state index is 12.5. The number of carboxylic acid groups (broad SMARTS) is 1. The second-order valence-electron chi connectivity index (χ2n) is 7.46. The van der Waals surface area contributed by atoms with Gasteiger partial charge in [-0.1, -0.05) is 19.3 Å². The Bertz CT molecular complexity index is 477. The number of hydrogen-bond donors (Lipinski definition) is 2. The number of carbonyl (C=O) groups is 3. The Morgan fingerprint density at radius 2 is 1.54 bits per heavy atom. The molecule has 2 aliphatic rings. The summed E-state index contributed by atoms with van der Waals surface area (Å²) in [4.78, 5) is 39.0. The summed E-state index contributed by atoms with van der Waals surface area (Å²) in [6.45, 7) is 3.65. The zero-order chi connectivity index (χ0) is 18.8. The van der Waals surface area contributed by atoms with Gasteiger partial charge in [0, 0.05) is 39.1 Å². The number of hydrogen-bond acceptors (Lipinski definition) is 3. The summed E-state index contributed by atoms with van der Waals surface area (Å²) in [5.41, 5.74) is 0. The summed E-state index contributed by atoms with van der Waals surface area (Å²) in [5, 5.41) is 11.6. The Kier molecular flexibility index (Phi) is 8.71. The predicted molar refractivity (Wildman–Crippen MR) is 98.8 cm³/mol. The van der Waals surface area contributed by atoms with Crippen LogP contribution in [0, 0.1) is 5.92 Å². The highest BCUT2D eigenvalue weighted by molar-refractivity contribution is 5.81. The molecule has 0 spiro atoms. The van der Waals surface area contributed by atoms with Gasteiger partial charge in [0.15, 0.2) is 0 Å². The van der Waals surface area contributed by atoms with Crippen LogP contribution in [0.15, 0.2) is 0 Å². The van der Waals surface area contributed by atoms with E-state index in [1.54, 1.807) is 0 Å². The molecule has 1 atom stereocenters. The van der Waals surface area contributed by atoms with Crippen molar-refractivity contribution < 1.29 is 19.5 Å². The van der Waals surface area contributed by atoms with Crippen molar-refractivity contribution >= 4 is 17.9 Å². The van der Waals surface area contributed by atoms with Crippen molar-refractivity contribution in [3.05, 3.63) is 0 Å². The zero-order valence-corrected chi connectivity index (χ0v) is 15.8. The first-order valence-electron chi connectivity index (χ1n) is 10.1. The third-order valence-corrected chi connectivity index (χ3v) is 5.31. The number of carbonyl (C=O) groups excluding carboxylic acids is 2. The van der Waals surface area contributed by atoms with Gasteiger partial charge in [0.05, 0.1) is 5.92 Å². The highest BCUT2D eigenvalue weighted by Crippen LogP contribution is 2.20. The molecule has 1 unspecified atom stereocenters. The number of urea groups is 1. The summed E-state index contributed by atoms with van der Waals surface area (Å²) >= 11 is 0. The zero-order valence-electron chi connectivity index (χ0n) is 15.8. The number of nitrogens with one attached hydrogen (secondary N) is 1. The van der Waals surface area contributed by atoms with Crippen LogP contribution in [0.1, 0.15) is 64.2 Å². The lowest BCUT2D eigenvalue weighted by Gasteiger charge is -2.34. The number of unbranched alkanes of at least 4 members (excludes halogenated alkanes) is 4. The molecule has 0 aromatic rings. The van der Waals surface area contributed by atoms with E-state index in [-0.39, 0.29) is 24.3 Å². The number of nitrogens with zero attached hydrogens (tertiary/aromatic N) is 2. The molecule has 0 aliphatic carbocycles. The van der Waals surface area contributed by atoms with E-state index in [9.17, 15) is 14.4 Å². The molecule has 7 nitrogen and oxygen atoms in total. The topological polar surface area (TPSA) is 90.0 Å². The normalized spacial score (nSPS) is 20.2. The molecule has 2 fully saturated rings. The molecule has 2 saturated heterocycles. The molecule has 2 heterocycles. The van der Waals surface area contributed by atoms with E-state index < -0.39 is 5.97 Å². The van der Waals surface area contributed by atoms with Crippen LogP contribution in [-0.4, -0.2) is 65.5 Å². The van der Waals surface area contributed by atoms with E-state index in [0.717, 1.165) is 77.4 Å². The standard InChI is InChI=1S/C19H33N3O4/c23-17(24)10-4-2-1-3-5-11-20-18(25)16-9-8-14-22(15-16)19(26)21-12-6-7-13-21/h16H,1-15H2,(H,20,25)(H,23,24). The Labute approximate surface area is 156 Å². The maximum Gasteiger partial charge on any atom is 0.320 e. The van der Waals surface area contributed by atoms with Crippen LogP contribution < -0.4 is 5.32 Å². The number of piperidine rings is 1. The predicted octanol–water partition coefficient (Wildman–Crippen LogP) is 2.46. The van der Waals surface area contributed by atoms with Crippen molar-refractivity contribution in [2.75, 3.05) is 32.7 Å². The van der Waals surface area contributed by atoms with Crippen molar-refractivity contribution in [3.63, 3.8) is 0 Å². The SMILES string of the molecule is O=C(O)CCCCCCCNC(=O)C1CCCN(C(=O)N2CCCC2)C1. The van der Waals surface area contributed by atoms with Crippen molar-refractivity contribution in [1.82, 2.24) is 15.1 Å². The molecule has 7 heteroatoms. The first-order valence-corrected chi connectivity index (χ1v) is 10.1. The molecule has 2 rings (SSSR count). The fourth-order valence-electron chi connectivity index (χ4n) is 3.76. The third-order valence-electron chi connectivity index (χ3n) is 5.31. The average Bonchev–Trinajstić information content (AvgIpc) is 3.17. The van der Waals surface area contributed by atoms with Gasteiger partial charge in [-0.3, -0.25) is 9.59 Å². The molecule has 3 amide bonds. The first kappa shape index (κ1) is 20.5. The summed E-state index contributed by atoms with van der Waals surface area (Å²) < 4.78 is 0.